The highest BCUT2D eigenvalue weighted by Gasteiger charge is 2.64. The summed E-state index contributed by atoms with van der Waals surface area (Å²) in [6.45, 7) is 1.34. The monoisotopic (exact) mass is 315 g/mol. The van der Waals surface area contributed by atoms with Crippen LogP contribution in [-0.4, -0.2) is 30.0 Å². The van der Waals surface area contributed by atoms with Gasteiger partial charge in [0.15, 0.2) is 0 Å². The van der Waals surface area contributed by atoms with Crippen molar-refractivity contribution in [2.75, 3.05) is 7.05 Å². The fraction of sp³-hybridized carbons (Fsp3) is 0.417. The maximum Gasteiger partial charge on any atom is 0.463 e. The van der Waals surface area contributed by atoms with Gasteiger partial charge in [0.25, 0.3) is 0 Å². The lowest BCUT2D eigenvalue weighted by Gasteiger charge is -2.29. The smallest absolute Gasteiger partial charge is 0.333 e. The zero-order valence-corrected chi connectivity index (χ0v) is 11.3. The minimum absolute atomic E-state index is 0.358. The van der Waals surface area contributed by atoms with E-state index in [2.05, 4.69) is 0 Å². The molecule has 0 heterocycles. The van der Waals surface area contributed by atoms with Crippen molar-refractivity contribution in [1.82, 2.24) is 4.90 Å². The molecule has 1 rings (SSSR count). The molecule has 0 bridgehead atoms. The van der Waals surface area contributed by atoms with Crippen molar-refractivity contribution in [2.45, 2.75) is 25.1 Å². The van der Waals surface area contributed by atoms with E-state index in [1.165, 1.54) is 31.2 Å². The van der Waals surface area contributed by atoms with Crippen LogP contribution in [0.25, 0.3) is 0 Å². The first kappa shape index (κ1) is 16.7. The molecule has 0 fully saturated rings. The highest BCUT2D eigenvalue weighted by molar-refractivity contribution is 6.30. The molecule has 0 N–H and O–H groups in total. The minimum atomic E-state index is -5.92. The summed E-state index contributed by atoms with van der Waals surface area (Å²) in [7, 11) is 0.890. The van der Waals surface area contributed by atoms with Crippen molar-refractivity contribution in [3.8, 4) is 0 Å². The molecule has 1 amide bonds. The molecule has 0 aliphatic heterocycles. The highest BCUT2D eigenvalue weighted by Crippen LogP contribution is 2.38. The number of halogens is 6. The lowest BCUT2D eigenvalue weighted by Crippen LogP contribution is -2.51. The van der Waals surface area contributed by atoms with Crippen LogP contribution in [0.15, 0.2) is 24.3 Å². The Labute approximate surface area is 117 Å². The van der Waals surface area contributed by atoms with Crippen LogP contribution in [0.1, 0.15) is 18.5 Å². The Balaban J connectivity index is 2.97. The first-order valence-corrected chi connectivity index (χ1v) is 5.83. The van der Waals surface area contributed by atoms with Gasteiger partial charge in [0, 0.05) is 12.1 Å². The SMILES string of the molecule is CC(c1ccc(Cl)cc1)N(C)C(=O)C(F)(F)C(F)(F)F. The third-order valence-electron chi connectivity index (χ3n) is 2.88. The predicted octanol–water partition coefficient (Wildman–Crippen LogP) is 4.06. The van der Waals surface area contributed by atoms with Gasteiger partial charge in [-0.05, 0) is 24.6 Å². The van der Waals surface area contributed by atoms with Crippen LogP contribution in [0.4, 0.5) is 22.0 Å². The van der Waals surface area contributed by atoms with Gasteiger partial charge in [0.1, 0.15) is 0 Å². The van der Waals surface area contributed by atoms with Crippen molar-refractivity contribution < 1.29 is 26.7 Å². The van der Waals surface area contributed by atoms with Crippen LogP contribution in [0, 0.1) is 0 Å². The minimum Gasteiger partial charge on any atom is -0.333 e. The number of hydrogen-bond acceptors (Lipinski definition) is 1. The normalized spacial score (nSPS) is 14.0. The summed E-state index contributed by atoms with van der Waals surface area (Å²) in [5, 5.41) is 0.385. The Kier molecular flexibility index (Phi) is 4.63. The number of rotatable bonds is 3. The third kappa shape index (κ3) is 3.20. The molecular formula is C12H11ClF5NO. The Bertz CT molecular complexity index is 486. The highest BCUT2D eigenvalue weighted by atomic mass is 35.5. The maximum atomic E-state index is 13.0. The van der Waals surface area contributed by atoms with Gasteiger partial charge in [0.05, 0.1) is 6.04 Å². The summed E-state index contributed by atoms with van der Waals surface area (Å²) in [6, 6.07) is 4.85. The van der Waals surface area contributed by atoms with Gasteiger partial charge in [-0.25, -0.2) is 0 Å². The number of carbonyl (C=O) groups is 1. The summed E-state index contributed by atoms with van der Waals surface area (Å²) < 4.78 is 62.4. The first-order valence-electron chi connectivity index (χ1n) is 5.45. The lowest BCUT2D eigenvalue weighted by atomic mass is 10.1. The van der Waals surface area contributed by atoms with Crippen molar-refractivity contribution in [3.63, 3.8) is 0 Å². The molecule has 0 saturated carbocycles. The fourth-order valence-corrected chi connectivity index (χ4v) is 1.61. The van der Waals surface area contributed by atoms with Crippen LogP contribution < -0.4 is 0 Å². The van der Waals surface area contributed by atoms with Crippen LogP contribution >= 0.6 is 11.6 Å². The summed E-state index contributed by atoms with van der Waals surface area (Å²) >= 11 is 5.64. The van der Waals surface area contributed by atoms with Crippen molar-refractivity contribution in [2.24, 2.45) is 0 Å². The Morgan fingerprint density at radius 2 is 1.60 bits per heavy atom. The second-order valence-corrected chi connectivity index (χ2v) is 4.65. The van der Waals surface area contributed by atoms with Gasteiger partial charge < -0.3 is 4.90 Å². The number of benzene rings is 1. The molecule has 0 aliphatic rings. The second kappa shape index (κ2) is 5.55. The molecule has 112 valence electrons. The molecule has 0 saturated heterocycles. The summed E-state index contributed by atoms with van der Waals surface area (Å²) in [6.07, 6.45) is -5.92. The summed E-state index contributed by atoms with van der Waals surface area (Å²) in [4.78, 5) is 11.7. The zero-order chi connectivity index (χ0) is 15.7. The van der Waals surface area contributed by atoms with Gasteiger partial charge in [0.2, 0.25) is 0 Å². The third-order valence-corrected chi connectivity index (χ3v) is 3.13. The molecule has 1 atom stereocenters. The number of nitrogens with zero attached hydrogens (tertiary/aromatic N) is 1. The standard InChI is InChI=1S/C12H11ClF5NO/c1-7(8-3-5-9(13)6-4-8)19(2)10(20)11(14,15)12(16,17)18/h3-7H,1-2H3. The summed E-state index contributed by atoms with van der Waals surface area (Å²) in [5.74, 6) is -7.71. The number of carbonyl (C=O) groups excluding carboxylic acids is 1. The van der Waals surface area contributed by atoms with E-state index < -0.39 is 24.0 Å². The van der Waals surface area contributed by atoms with Gasteiger partial charge >= 0.3 is 18.0 Å². The van der Waals surface area contributed by atoms with Gasteiger partial charge in [-0.1, -0.05) is 23.7 Å². The van der Waals surface area contributed by atoms with Crippen LogP contribution in [0.2, 0.25) is 5.02 Å². The van der Waals surface area contributed by atoms with E-state index in [0.717, 1.165) is 7.05 Å². The molecule has 0 aromatic heterocycles. The van der Waals surface area contributed by atoms with E-state index in [0.29, 0.717) is 15.5 Å². The molecule has 1 aromatic carbocycles. The van der Waals surface area contributed by atoms with Crippen molar-refractivity contribution in [3.05, 3.63) is 34.9 Å². The lowest BCUT2D eigenvalue weighted by molar-refractivity contribution is -0.274. The molecule has 1 unspecified atom stereocenters. The number of alkyl halides is 5. The molecule has 0 radical (unpaired) electrons. The molecule has 0 spiro atoms. The van der Waals surface area contributed by atoms with Crippen molar-refractivity contribution in [1.29, 1.82) is 0 Å². The second-order valence-electron chi connectivity index (χ2n) is 4.22. The van der Waals surface area contributed by atoms with E-state index in [1.54, 1.807) is 0 Å². The van der Waals surface area contributed by atoms with Gasteiger partial charge in [-0.15, -0.1) is 0 Å². The molecular weight excluding hydrogens is 305 g/mol. The average molecular weight is 316 g/mol. The van der Waals surface area contributed by atoms with E-state index >= 15 is 0 Å². The Morgan fingerprint density at radius 3 is 2.00 bits per heavy atom. The van der Waals surface area contributed by atoms with E-state index in [9.17, 15) is 26.7 Å². The first-order chi connectivity index (χ1) is 8.98. The Morgan fingerprint density at radius 1 is 1.15 bits per heavy atom. The van der Waals surface area contributed by atoms with Gasteiger partial charge in [-0.3, -0.25) is 4.79 Å². The van der Waals surface area contributed by atoms with Crippen molar-refractivity contribution >= 4 is 17.5 Å². The molecule has 0 aliphatic carbocycles. The number of hydrogen-bond donors (Lipinski definition) is 0. The number of amides is 1. The van der Waals surface area contributed by atoms with E-state index in [-0.39, 0.29) is 0 Å². The maximum absolute atomic E-state index is 13.0. The molecule has 1 aromatic rings. The van der Waals surface area contributed by atoms with E-state index in [1.807, 2.05) is 0 Å². The van der Waals surface area contributed by atoms with Crippen LogP contribution in [0.3, 0.4) is 0 Å². The Hall–Kier alpha value is -1.37. The van der Waals surface area contributed by atoms with E-state index in [4.69, 9.17) is 11.6 Å². The average Bonchev–Trinajstić information content (AvgIpc) is 2.35. The fourth-order valence-electron chi connectivity index (χ4n) is 1.48. The summed E-state index contributed by atoms with van der Waals surface area (Å²) in [5.41, 5.74) is 0.392. The van der Waals surface area contributed by atoms with Gasteiger partial charge in [-0.2, -0.15) is 22.0 Å². The quantitative estimate of drug-likeness (QED) is 0.770. The topological polar surface area (TPSA) is 20.3 Å². The van der Waals surface area contributed by atoms with Crippen LogP contribution in [0.5, 0.6) is 0 Å². The largest absolute Gasteiger partial charge is 0.463 e. The predicted molar refractivity (Wildman–Crippen MR) is 63.6 cm³/mol. The molecule has 2 nitrogen and oxygen atoms in total. The molecule has 20 heavy (non-hydrogen) atoms. The van der Waals surface area contributed by atoms with Crippen LogP contribution in [-0.2, 0) is 4.79 Å². The molecule has 8 heteroatoms. The zero-order valence-electron chi connectivity index (χ0n) is 10.5.